The van der Waals surface area contributed by atoms with E-state index in [0.717, 1.165) is 40.1 Å². The molecule has 0 aliphatic carbocycles. The number of hydrogen-bond acceptors (Lipinski definition) is 6. The van der Waals surface area contributed by atoms with Crippen LogP contribution in [-0.4, -0.2) is 24.7 Å². The fraction of sp³-hybridized carbons (Fsp3) is 0.200. The summed E-state index contributed by atoms with van der Waals surface area (Å²) in [7, 11) is 0. The highest BCUT2D eigenvalue weighted by Crippen LogP contribution is 2.30. The van der Waals surface area contributed by atoms with Crippen LogP contribution < -0.4 is 0 Å². The summed E-state index contributed by atoms with van der Waals surface area (Å²) in [6.45, 7) is 4.22. The third kappa shape index (κ3) is 3.94. The number of nitrogens with zero attached hydrogens (tertiary/aromatic N) is 5. The van der Waals surface area contributed by atoms with Gasteiger partial charge in [0.2, 0.25) is 0 Å². The number of rotatable bonds is 6. The van der Waals surface area contributed by atoms with Crippen LogP contribution in [0.3, 0.4) is 0 Å². The van der Waals surface area contributed by atoms with Gasteiger partial charge in [0.25, 0.3) is 0 Å². The molecule has 0 radical (unpaired) electrons. The average Bonchev–Trinajstić information content (AvgIpc) is 3.34. The van der Waals surface area contributed by atoms with Crippen LogP contribution in [0.2, 0.25) is 0 Å². The van der Waals surface area contributed by atoms with Gasteiger partial charge in [0.15, 0.2) is 11.0 Å². The molecule has 136 valence electrons. The second kappa shape index (κ2) is 8.02. The molecular formula is C20H19N5S2. The molecule has 0 saturated carbocycles. The van der Waals surface area contributed by atoms with E-state index in [9.17, 15) is 0 Å². The minimum atomic E-state index is 0.775. The highest BCUT2D eigenvalue weighted by Gasteiger charge is 2.16. The lowest BCUT2D eigenvalue weighted by Gasteiger charge is -2.10. The van der Waals surface area contributed by atoms with Gasteiger partial charge in [0, 0.05) is 34.8 Å². The van der Waals surface area contributed by atoms with Crippen molar-refractivity contribution in [2.24, 2.45) is 0 Å². The molecule has 0 atom stereocenters. The van der Waals surface area contributed by atoms with Gasteiger partial charge in [0.1, 0.15) is 0 Å². The van der Waals surface area contributed by atoms with Crippen molar-refractivity contribution in [3.63, 3.8) is 0 Å². The summed E-state index contributed by atoms with van der Waals surface area (Å²) < 4.78 is 2.10. The van der Waals surface area contributed by atoms with E-state index in [1.165, 1.54) is 10.6 Å². The van der Waals surface area contributed by atoms with Crippen molar-refractivity contribution >= 4 is 23.1 Å². The van der Waals surface area contributed by atoms with Crippen LogP contribution in [0.5, 0.6) is 0 Å². The van der Waals surface area contributed by atoms with Crippen molar-refractivity contribution in [2.75, 3.05) is 0 Å². The van der Waals surface area contributed by atoms with E-state index in [-0.39, 0.29) is 0 Å². The number of thioether (sulfide) groups is 1. The van der Waals surface area contributed by atoms with Gasteiger partial charge in [-0.2, -0.15) is 0 Å². The van der Waals surface area contributed by atoms with Crippen LogP contribution in [0.1, 0.15) is 23.2 Å². The first-order chi connectivity index (χ1) is 13.2. The summed E-state index contributed by atoms with van der Waals surface area (Å²) in [6.07, 6.45) is 4.52. The van der Waals surface area contributed by atoms with Gasteiger partial charge in [-0.15, -0.1) is 21.5 Å². The topological polar surface area (TPSA) is 56.5 Å². The number of thiazole rings is 1. The van der Waals surface area contributed by atoms with Crippen LogP contribution in [0.15, 0.2) is 59.3 Å². The molecule has 5 nitrogen and oxygen atoms in total. The van der Waals surface area contributed by atoms with E-state index in [2.05, 4.69) is 68.2 Å². The maximum Gasteiger partial charge on any atom is 0.196 e. The molecule has 0 aliphatic heterocycles. The lowest BCUT2D eigenvalue weighted by Crippen LogP contribution is -2.00. The molecule has 1 aromatic carbocycles. The van der Waals surface area contributed by atoms with Crippen molar-refractivity contribution < 1.29 is 0 Å². The molecule has 0 aliphatic rings. The van der Waals surface area contributed by atoms with E-state index in [4.69, 9.17) is 0 Å². The Morgan fingerprint density at radius 1 is 1.04 bits per heavy atom. The summed E-state index contributed by atoms with van der Waals surface area (Å²) in [5.74, 6) is 1.59. The zero-order valence-corrected chi connectivity index (χ0v) is 16.8. The SMILES string of the molecule is CCc1nc(CSc2nnc(-c3ccncc3)n2-c2ccc(C)cc2)cs1. The van der Waals surface area contributed by atoms with Gasteiger partial charge in [0.05, 0.1) is 10.7 Å². The molecule has 4 rings (SSSR count). The molecule has 27 heavy (non-hydrogen) atoms. The third-order valence-electron chi connectivity index (χ3n) is 4.11. The summed E-state index contributed by atoms with van der Waals surface area (Å²) >= 11 is 3.37. The fourth-order valence-corrected chi connectivity index (χ4v) is 4.39. The molecule has 3 aromatic heterocycles. The number of aromatic nitrogens is 5. The van der Waals surface area contributed by atoms with E-state index in [1.54, 1.807) is 35.5 Å². The molecule has 0 bridgehead atoms. The molecule has 0 unspecified atom stereocenters. The first kappa shape index (κ1) is 17.9. The number of benzene rings is 1. The Morgan fingerprint density at radius 2 is 1.81 bits per heavy atom. The summed E-state index contributed by atoms with van der Waals surface area (Å²) in [6, 6.07) is 12.3. The monoisotopic (exact) mass is 393 g/mol. The molecule has 0 fully saturated rings. The van der Waals surface area contributed by atoms with Gasteiger partial charge in [-0.05, 0) is 37.6 Å². The highest BCUT2D eigenvalue weighted by atomic mass is 32.2. The van der Waals surface area contributed by atoms with Gasteiger partial charge in [-0.1, -0.05) is 36.4 Å². The maximum absolute atomic E-state index is 4.65. The van der Waals surface area contributed by atoms with E-state index in [0.29, 0.717) is 0 Å². The maximum atomic E-state index is 4.65. The van der Waals surface area contributed by atoms with Crippen LogP contribution in [-0.2, 0) is 12.2 Å². The highest BCUT2D eigenvalue weighted by molar-refractivity contribution is 7.98. The van der Waals surface area contributed by atoms with E-state index in [1.807, 2.05) is 12.1 Å². The summed E-state index contributed by atoms with van der Waals surface area (Å²) in [5.41, 5.74) is 4.35. The Labute approximate surface area is 166 Å². The van der Waals surface area contributed by atoms with Crippen molar-refractivity contribution in [1.29, 1.82) is 0 Å². The summed E-state index contributed by atoms with van der Waals surface area (Å²) in [4.78, 5) is 8.76. The molecule has 7 heteroatoms. The fourth-order valence-electron chi connectivity index (χ4n) is 2.69. The minimum Gasteiger partial charge on any atom is -0.270 e. The second-order valence-corrected chi connectivity index (χ2v) is 7.97. The molecule has 0 N–H and O–H groups in total. The summed E-state index contributed by atoms with van der Waals surface area (Å²) in [5, 5.41) is 13.1. The standard InChI is InChI=1S/C20H19N5S2/c1-3-18-22-16(12-26-18)13-27-20-24-23-19(15-8-10-21-11-9-15)25(20)17-6-4-14(2)5-7-17/h4-12H,3,13H2,1-2H3. The molecule has 3 heterocycles. The van der Waals surface area contributed by atoms with E-state index >= 15 is 0 Å². The van der Waals surface area contributed by atoms with Gasteiger partial charge < -0.3 is 0 Å². The lowest BCUT2D eigenvalue weighted by molar-refractivity contribution is 0.884. The Morgan fingerprint density at radius 3 is 2.52 bits per heavy atom. The lowest BCUT2D eigenvalue weighted by atomic mass is 10.2. The molecule has 0 saturated heterocycles. The Kier molecular flexibility index (Phi) is 5.31. The Balaban J connectivity index is 1.70. The normalized spacial score (nSPS) is 11.0. The van der Waals surface area contributed by atoms with E-state index < -0.39 is 0 Å². The first-order valence-electron chi connectivity index (χ1n) is 8.73. The molecule has 0 amide bonds. The zero-order valence-electron chi connectivity index (χ0n) is 15.2. The third-order valence-corrected chi connectivity index (χ3v) is 6.12. The zero-order chi connectivity index (χ0) is 18.6. The number of aryl methyl sites for hydroxylation is 2. The first-order valence-corrected chi connectivity index (χ1v) is 10.6. The Hall–Kier alpha value is -2.51. The molecular weight excluding hydrogens is 374 g/mol. The molecule has 4 aromatic rings. The number of hydrogen-bond donors (Lipinski definition) is 0. The van der Waals surface area contributed by atoms with Crippen molar-refractivity contribution in [3.8, 4) is 17.1 Å². The van der Waals surface area contributed by atoms with Gasteiger partial charge >= 0.3 is 0 Å². The number of pyridine rings is 1. The minimum absolute atomic E-state index is 0.775. The predicted octanol–water partition coefficient (Wildman–Crippen LogP) is 4.95. The predicted molar refractivity (Wildman–Crippen MR) is 110 cm³/mol. The average molecular weight is 394 g/mol. The quantitative estimate of drug-likeness (QED) is 0.434. The molecule has 0 spiro atoms. The smallest absolute Gasteiger partial charge is 0.196 e. The van der Waals surface area contributed by atoms with Crippen LogP contribution >= 0.6 is 23.1 Å². The Bertz CT molecular complexity index is 1020. The second-order valence-electron chi connectivity index (χ2n) is 6.09. The van der Waals surface area contributed by atoms with Crippen molar-refractivity contribution in [3.05, 3.63) is 70.4 Å². The van der Waals surface area contributed by atoms with Crippen LogP contribution in [0.25, 0.3) is 17.1 Å². The van der Waals surface area contributed by atoms with Crippen LogP contribution in [0.4, 0.5) is 0 Å². The van der Waals surface area contributed by atoms with Crippen LogP contribution in [0, 0.1) is 6.92 Å². The van der Waals surface area contributed by atoms with Gasteiger partial charge in [-0.3, -0.25) is 9.55 Å². The largest absolute Gasteiger partial charge is 0.270 e. The van der Waals surface area contributed by atoms with Gasteiger partial charge in [-0.25, -0.2) is 4.98 Å². The van der Waals surface area contributed by atoms with Crippen molar-refractivity contribution in [1.82, 2.24) is 24.7 Å². The van der Waals surface area contributed by atoms with Crippen molar-refractivity contribution in [2.45, 2.75) is 31.2 Å².